The molecule has 1 unspecified atom stereocenters. The smallest absolute Gasteiger partial charge is 0.183 e. The molecule has 1 aliphatic heterocycles. The second-order valence-corrected chi connectivity index (χ2v) is 4.17. The first-order valence-corrected chi connectivity index (χ1v) is 5.43. The van der Waals surface area contributed by atoms with E-state index >= 15 is 0 Å². The van der Waals surface area contributed by atoms with Crippen LogP contribution in [0.4, 0.5) is 0 Å². The third-order valence-corrected chi connectivity index (χ3v) is 3.18. The number of aliphatic imine (C=N–C) groups is 1. The normalized spacial score (nSPS) is 20.3. The third kappa shape index (κ3) is 1.84. The average Bonchev–Trinajstić information content (AvgIpc) is 2.72. The van der Waals surface area contributed by atoms with Gasteiger partial charge in [0.15, 0.2) is 12.0 Å². The minimum atomic E-state index is -0.616. The first kappa shape index (κ1) is 11.8. The van der Waals surface area contributed by atoms with Gasteiger partial charge in [-0.3, -0.25) is 10.0 Å². The van der Waals surface area contributed by atoms with Crippen molar-refractivity contribution in [2.45, 2.75) is 20.1 Å². The molecular weight excluding hydrogens is 236 g/mol. The summed E-state index contributed by atoms with van der Waals surface area (Å²) in [6, 6.07) is 3.93. The number of allylic oxidation sites excluding steroid dienone is 2. The van der Waals surface area contributed by atoms with Crippen LogP contribution in [0.15, 0.2) is 33.0 Å². The number of aryl methyl sites for hydroxylation is 1. The van der Waals surface area contributed by atoms with Crippen LogP contribution in [0, 0.1) is 18.3 Å². The summed E-state index contributed by atoms with van der Waals surface area (Å²) in [5.74, 6) is 0.581. The summed E-state index contributed by atoms with van der Waals surface area (Å²) in [6.07, 6.45) is 0.950. The maximum atomic E-state index is 9.19. The Kier molecular flexibility index (Phi) is 2.96. The molecule has 2 rings (SSSR count). The highest BCUT2D eigenvalue weighted by Crippen LogP contribution is 2.25. The number of thiol groups is 1. The molecule has 1 aliphatic rings. The largest absolute Gasteiger partial charge is 0.462 e. The molecule has 0 fully saturated rings. The summed E-state index contributed by atoms with van der Waals surface area (Å²) in [4.78, 5) is 4.24. The fraction of sp³-hybridized carbons (Fsp3) is 0.273. The van der Waals surface area contributed by atoms with Gasteiger partial charge in [0.2, 0.25) is 0 Å². The van der Waals surface area contributed by atoms with Gasteiger partial charge < -0.3 is 4.42 Å². The van der Waals surface area contributed by atoms with Gasteiger partial charge in [0.1, 0.15) is 17.4 Å². The van der Waals surface area contributed by atoms with Crippen LogP contribution in [-0.2, 0) is 0 Å². The van der Waals surface area contributed by atoms with Gasteiger partial charge >= 0.3 is 0 Å². The summed E-state index contributed by atoms with van der Waals surface area (Å²) in [6.45, 7) is 3.67. The van der Waals surface area contributed by atoms with E-state index in [1.807, 2.05) is 13.0 Å². The standard InChI is InChI=1S/C11H12N4OS/c1-6-3-4-16-10(6)9-8(5-12)7(2)15(17)11(13)14-9/h3-4,11,17H,13H2,1-2H3. The van der Waals surface area contributed by atoms with Crippen LogP contribution < -0.4 is 5.73 Å². The van der Waals surface area contributed by atoms with E-state index in [0.29, 0.717) is 22.7 Å². The zero-order valence-corrected chi connectivity index (χ0v) is 10.4. The minimum absolute atomic E-state index is 0.430. The first-order chi connectivity index (χ1) is 8.06. The molecule has 5 nitrogen and oxygen atoms in total. The van der Waals surface area contributed by atoms with Gasteiger partial charge in [-0.2, -0.15) is 5.26 Å². The molecular formula is C11H12N4OS. The Morgan fingerprint density at radius 1 is 1.59 bits per heavy atom. The summed E-state index contributed by atoms with van der Waals surface area (Å²) in [5.41, 5.74) is 8.32. The predicted molar refractivity (Wildman–Crippen MR) is 67.1 cm³/mol. The molecule has 0 spiro atoms. The van der Waals surface area contributed by atoms with Gasteiger partial charge in [-0.15, -0.1) is 0 Å². The summed E-state index contributed by atoms with van der Waals surface area (Å²) in [5, 5.41) is 9.19. The zero-order valence-electron chi connectivity index (χ0n) is 9.51. The van der Waals surface area contributed by atoms with Crippen molar-refractivity contribution >= 4 is 18.5 Å². The molecule has 0 aliphatic carbocycles. The van der Waals surface area contributed by atoms with E-state index in [0.717, 1.165) is 5.56 Å². The Bertz CT molecular complexity index is 552. The molecule has 0 saturated heterocycles. The molecule has 0 radical (unpaired) electrons. The molecule has 2 N–H and O–H groups in total. The van der Waals surface area contributed by atoms with Gasteiger partial charge in [0.25, 0.3) is 0 Å². The summed E-state index contributed by atoms with van der Waals surface area (Å²) in [7, 11) is 0. The maximum Gasteiger partial charge on any atom is 0.183 e. The quantitative estimate of drug-likeness (QED) is 0.739. The highest BCUT2D eigenvalue weighted by molar-refractivity contribution is 7.77. The van der Waals surface area contributed by atoms with Crippen LogP contribution in [0.1, 0.15) is 18.2 Å². The number of furan rings is 1. The topological polar surface area (TPSA) is 78.5 Å². The Morgan fingerprint density at radius 3 is 2.82 bits per heavy atom. The van der Waals surface area contributed by atoms with Crippen molar-refractivity contribution in [2.75, 3.05) is 0 Å². The van der Waals surface area contributed by atoms with Crippen molar-refractivity contribution in [2.24, 2.45) is 10.7 Å². The molecule has 2 heterocycles. The van der Waals surface area contributed by atoms with E-state index < -0.39 is 6.29 Å². The molecule has 0 aromatic carbocycles. The second-order valence-electron chi connectivity index (χ2n) is 3.74. The van der Waals surface area contributed by atoms with Crippen LogP contribution in [-0.4, -0.2) is 16.3 Å². The highest BCUT2D eigenvalue weighted by atomic mass is 32.1. The van der Waals surface area contributed by atoms with E-state index in [1.54, 1.807) is 13.2 Å². The summed E-state index contributed by atoms with van der Waals surface area (Å²) < 4.78 is 6.81. The van der Waals surface area contributed by atoms with Crippen molar-refractivity contribution < 1.29 is 4.42 Å². The van der Waals surface area contributed by atoms with Crippen molar-refractivity contribution in [1.82, 2.24) is 4.31 Å². The second kappa shape index (κ2) is 4.28. The number of hydrogen-bond donors (Lipinski definition) is 2. The summed E-state index contributed by atoms with van der Waals surface area (Å²) >= 11 is 4.19. The third-order valence-electron chi connectivity index (χ3n) is 2.64. The molecule has 1 aromatic rings. The number of nitrogens with zero attached hydrogens (tertiary/aromatic N) is 3. The lowest BCUT2D eigenvalue weighted by molar-refractivity contribution is 0.435. The van der Waals surface area contributed by atoms with Crippen molar-refractivity contribution in [3.63, 3.8) is 0 Å². The Hall–Kier alpha value is -1.71. The molecule has 0 amide bonds. The predicted octanol–water partition coefficient (Wildman–Crippen LogP) is 1.58. The molecule has 0 saturated carbocycles. The monoisotopic (exact) mass is 248 g/mol. The highest BCUT2D eigenvalue weighted by Gasteiger charge is 2.27. The fourth-order valence-corrected chi connectivity index (χ4v) is 1.81. The average molecular weight is 248 g/mol. The number of nitriles is 1. The van der Waals surface area contributed by atoms with Crippen molar-refractivity contribution in [1.29, 1.82) is 5.26 Å². The van der Waals surface area contributed by atoms with Crippen LogP contribution in [0.25, 0.3) is 0 Å². The minimum Gasteiger partial charge on any atom is -0.462 e. The lowest BCUT2D eigenvalue weighted by Gasteiger charge is -2.28. The van der Waals surface area contributed by atoms with Gasteiger partial charge in [-0.25, -0.2) is 4.99 Å². The van der Waals surface area contributed by atoms with Gasteiger partial charge in [-0.1, -0.05) is 12.8 Å². The van der Waals surface area contributed by atoms with Gasteiger partial charge in [0.05, 0.1) is 6.26 Å². The Morgan fingerprint density at radius 2 is 2.29 bits per heavy atom. The van der Waals surface area contributed by atoms with E-state index in [9.17, 15) is 5.26 Å². The number of hydrogen-bond acceptors (Lipinski definition) is 6. The lowest BCUT2D eigenvalue weighted by atomic mass is 10.0. The Balaban J connectivity index is 2.58. The molecule has 1 aromatic heterocycles. The molecule has 0 bridgehead atoms. The molecule has 1 atom stereocenters. The van der Waals surface area contributed by atoms with Crippen LogP contribution >= 0.6 is 12.8 Å². The first-order valence-electron chi connectivity index (χ1n) is 5.03. The van der Waals surface area contributed by atoms with E-state index in [1.165, 1.54) is 4.31 Å². The van der Waals surface area contributed by atoms with Gasteiger partial charge in [-0.05, 0) is 25.5 Å². The van der Waals surface area contributed by atoms with Crippen LogP contribution in [0.3, 0.4) is 0 Å². The van der Waals surface area contributed by atoms with Crippen molar-refractivity contribution in [3.8, 4) is 6.07 Å². The molecule has 88 valence electrons. The van der Waals surface area contributed by atoms with Crippen LogP contribution in [0.5, 0.6) is 0 Å². The van der Waals surface area contributed by atoms with Crippen LogP contribution in [0.2, 0.25) is 0 Å². The maximum absolute atomic E-state index is 9.19. The lowest BCUT2D eigenvalue weighted by Crippen LogP contribution is -2.38. The Labute approximate surface area is 105 Å². The zero-order chi connectivity index (χ0) is 12.6. The number of rotatable bonds is 1. The molecule has 17 heavy (non-hydrogen) atoms. The van der Waals surface area contributed by atoms with E-state index in [2.05, 4.69) is 23.9 Å². The molecule has 6 heteroatoms. The number of nitrogens with two attached hydrogens (primary N) is 1. The fourth-order valence-electron chi connectivity index (χ4n) is 1.66. The van der Waals surface area contributed by atoms with E-state index in [4.69, 9.17) is 10.2 Å². The van der Waals surface area contributed by atoms with E-state index in [-0.39, 0.29) is 0 Å². The van der Waals surface area contributed by atoms with Gasteiger partial charge in [0, 0.05) is 5.70 Å². The SMILES string of the molecule is CC1=C(C#N)C(c2occc2C)=NC(N)N1S. The van der Waals surface area contributed by atoms with Crippen molar-refractivity contribution in [3.05, 3.63) is 34.9 Å².